The Morgan fingerprint density at radius 2 is 2.43 bits per heavy atom. The van der Waals surface area contributed by atoms with Gasteiger partial charge in [-0.3, -0.25) is 0 Å². The van der Waals surface area contributed by atoms with Gasteiger partial charge in [0.25, 0.3) is 0 Å². The number of fused-ring (bicyclic) bond motifs is 1. The van der Waals surface area contributed by atoms with Gasteiger partial charge in [0.05, 0.1) is 16.8 Å². The lowest BCUT2D eigenvalue weighted by atomic mass is 10.4. The Morgan fingerprint density at radius 1 is 1.71 bits per heavy atom. The van der Waals surface area contributed by atoms with E-state index in [0.29, 0.717) is 9.22 Å². The quantitative estimate of drug-likeness (QED) is 0.783. The topological polar surface area (TPSA) is 75.3 Å². The summed E-state index contributed by atoms with van der Waals surface area (Å²) in [5, 5.41) is 21.6. The maximum Gasteiger partial charge on any atom is 0.432 e. The highest BCUT2D eigenvalue weighted by Crippen LogP contribution is 2.29. The standard InChI is InChI=1S/C7H5IN2O3S/c8-6-5-4(1-3(2-11)14-5)10(9-6)7(12)13/h1,11H,2H2,(H,12,13). The van der Waals surface area contributed by atoms with Gasteiger partial charge >= 0.3 is 6.09 Å². The van der Waals surface area contributed by atoms with E-state index in [4.69, 9.17) is 10.2 Å². The molecule has 0 spiro atoms. The van der Waals surface area contributed by atoms with Crippen molar-refractivity contribution < 1.29 is 15.0 Å². The average molecular weight is 324 g/mol. The van der Waals surface area contributed by atoms with Gasteiger partial charge in [0.2, 0.25) is 0 Å². The van der Waals surface area contributed by atoms with Crippen molar-refractivity contribution in [3.63, 3.8) is 0 Å². The molecule has 0 aromatic carbocycles. The van der Waals surface area contributed by atoms with E-state index in [1.807, 2.05) is 22.6 Å². The van der Waals surface area contributed by atoms with Crippen molar-refractivity contribution in [2.24, 2.45) is 0 Å². The van der Waals surface area contributed by atoms with Gasteiger partial charge in [-0.05, 0) is 28.7 Å². The van der Waals surface area contributed by atoms with E-state index in [-0.39, 0.29) is 6.61 Å². The number of hydrogen-bond acceptors (Lipinski definition) is 4. The number of nitrogens with zero attached hydrogens (tertiary/aromatic N) is 2. The summed E-state index contributed by atoms with van der Waals surface area (Å²) in [4.78, 5) is 11.5. The van der Waals surface area contributed by atoms with E-state index in [0.717, 1.165) is 14.3 Å². The lowest BCUT2D eigenvalue weighted by Crippen LogP contribution is -2.09. The second kappa shape index (κ2) is 3.48. The van der Waals surface area contributed by atoms with Crippen LogP contribution in [0.4, 0.5) is 4.79 Å². The fourth-order valence-corrected chi connectivity index (χ4v) is 2.84. The van der Waals surface area contributed by atoms with Crippen molar-refractivity contribution >= 4 is 50.2 Å². The molecule has 0 unspecified atom stereocenters. The third-order valence-electron chi connectivity index (χ3n) is 1.70. The van der Waals surface area contributed by atoms with Crippen LogP contribution in [0.3, 0.4) is 0 Å². The largest absolute Gasteiger partial charge is 0.463 e. The van der Waals surface area contributed by atoms with Gasteiger partial charge in [-0.1, -0.05) is 0 Å². The van der Waals surface area contributed by atoms with E-state index in [2.05, 4.69) is 5.10 Å². The predicted molar refractivity (Wildman–Crippen MR) is 59.7 cm³/mol. The molecule has 0 aliphatic rings. The van der Waals surface area contributed by atoms with Gasteiger partial charge in [0, 0.05) is 4.88 Å². The molecule has 0 aliphatic carbocycles. The number of rotatable bonds is 1. The summed E-state index contributed by atoms with van der Waals surface area (Å²) in [5.41, 5.74) is 0.538. The van der Waals surface area contributed by atoms with Crippen molar-refractivity contribution in [2.45, 2.75) is 6.61 Å². The fourth-order valence-electron chi connectivity index (χ4n) is 1.15. The monoisotopic (exact) mass is 324 g/mol. The number of carbonyl (C=O) groups is 1. The average Bonchev–Trinajstić information content (AvgIpc) is 2.66. The van der Waals surface area contributed by atoms with Crippen molar-refractivity contribution in [1.82, 2.24) is 9.78 Å². The lowest BCUT2D eigenvalue weighted by molar-refractivity contribution is 0.194. The zero-order chi connectivity index (χ0) is 10.3. The summed E-state index contributed by atoms with van der Waals surface area (Å²) in [6.07, 6.45) is -1.11. The molecule has 0 saturated heterocycles. The Kier molecular flexibility index (Phi) is 2.45. The molecule has 0 radical (unpaired) electrons. The molecule has 14 heavy (non-hydrogen) atoms. The molecule has 0 saturated carbocycles. The fraction of sp³-hybridized carbons (Fsp3) is 0.143. The van der Waals surface area contributed by atoms with E-state index >= 15 is 0 Å². The van der Waals surface area contributed by atoms with Gasteiger partial charge in [-0.25, -0.2) is 4.79 Å². The second-order valence-corrected chi connectivity index (χ2v) is 4.73. The molecule has 74 valence electrons. The maximum atomic E-state index is 10.8. The molecule has 5 nitrogen and oxygen atoms in total. The molecular formula is C7H5IN2O3S. The van der Waals surface area contributed by atoms with Gasteiger partial charge in [0.15, 0.2) is 0 Å². The molecule has 0 aliphatic heterocycles. The number of halogens is 1. The van der Waals surface area contributed by atoms with Gasteiger partial charge in [-0.2, -0.15) is 9.78 Å². The van der Waals surface area contributed by atoms with E-state index in [1.165, 1.54) is 11.3 Å². The first-order valence-corrected chi connectivity index (χ1v) is 5.54. The van der Waals surface area contributed by atoms with Crippen LogP contribution in [0.25, 0.3) is 10.2 Å². The molecule has 0 fully saturated rings. The minimum Gasteiger partial charge on any atom is -0.463 e. The third-order valence-corrected chi connectivity index (χ3v) is 3.94. The van der Waals surface area contributed by atoms with E-state index in [1.54, 1.807) is 6.07 Å². The van der Waals surface area contributed by atoms with Crippen molar-refractivity contribution in [3.05, 3.63) is 14.6 Å². The lowest BCUT2D eigenvalue weighted by Gasteiger charge is -1.90. The van der Waals surface area contributed by atoms with Crippen LogP contribution in [-0.2, 0) is 6.61 Å². The second-order valence-electron chi connectivity index (χ2n) is 2.57. The van der Waals surface area contributed by atoms with E-state index in [9.17, 15) is 4.79 Å². The first-order valence-electron chi connectivity index (χ1n) is 3.64. The Hall–Kier alpha value is -0.670. The van der Waals surface area contributed by atoms with Crippen LogP contribution in [0.5, 0.6) is 0 Å². The van der Waals surface area contributed by atoms with E-state index < -0.39 is 6.09 Å². The minimum absolute atomic E-state index is 0.0744. The zero-order valence-electron chi connectivity index (χ0n) is 6.77. The molecule has 0 bridgehead atoms. The molecule has 2 aromatic rings. The predicted octanol–water partition coefficient (Wildman–Crippen LogP) is 1.72. The molecule has 2 heterocycles. The summed E-state index contributed by atoms with van der Waals surface area (Å²) in [5.74, 6) is 0. The first-order chi connectivity index (χ1) is 6.63. The zero-order valence-corrected chi connectivity index (χ0v) is 9.74. The molecule has 2 N–H and O–H groups in total. The number of aliphatic hydroxyl groups is 1. The minimum atomic E-state index is -1.11. The van der Waals surface area contributed by atoms with Gasteiger partial charge in [-0.15, -0.1) is 11.3 Å². The Labute approximate surface area is 96.1 Å². The van der Waals surface area contributed by atoms with Crippen molar-refractivity contribution in [3.8, 4) is 0 Å². The highest BCUT2D eigenvalue weighted by molar-refractivity contribution is 14.1. The first kappa shape index (κ1) is 9.87. The summed E-state index contributed by atoms with van der Waals surface area (Å²) < 4.78 is 2.37. The van der Waals surface area contributed by atoms with Crippen LogP contribution in [0.1, 0.15) is 4.88 Å². The van der Waals surface area contributed by atoms with Gasteiger partial charge in [0.1, 0.15) is 3.70 Å². The van der Waals surface area contributed by atoms with Crippen LogP contribution in [0.2, 0.25) is 0 Å². The van der Waals surface area contributed by atoms with Crippen LogP contribution >= 0.6 is 33.9 Å². The number of carboxylic acid groups (broad SMARTS) is 1. The normalized spacial score (nSPS) is 11.0. The summed E-state index contributed by atoms with van der Waals surface area (Å²) in [6, 6.07) is 1.64. The molecule has 0 atom stereocenters. The SMILES string of the molecule is O=C(O)n1nc(I)c2sc(CO)cc21. The number of thiophene rings is 1. The summed E-state index contributed by atoms with van der Waals surface area (Å²) >= 11 is 3.33. The van der Waals surface area contributed by atoms with Crippen LogP contribution in [0, 0.1) is 3.70 Å². The maximum absolute atomic E-state index is 10.8. The number of hydrogen-bond donors (Lipinski definition) is 2. The van der Waals surface area contributed by atoms with Gasteiger partial charge < -0.3 is 10.2 Å². The number of aliphatic hydroxyl groups excluding tert-OH is 1. The van der Waals surface area contributed by atoms with Crippen LogP contribution in [-0.4, -0.2) is 26.1 Å². The summed E-state index contributed by atoms with van der Waals surface area (Å²) in [7, 11) is 0. The Morgan fingerprint density at radius 3 is 3.00 bits per heavy atom. The molecule has 0 amide bonds. The van der Waals surface area contributed by atoms with Crippen LogP contribution in [0.15, 0.2) is 6.07 Å². The van der Waals surface area contributed by atoms with Crippen molar-refractivity contribution in [2.75, 3.05) is 0 Å². The summed E-state index contributed by atoms with van der Waals surface area (Å²) in [6.45, 7) is -0.0744. The third kappa shape index (κ3) is 1.41. The molecular weight excluding hydrogens is 319 g/mol. The van der Waals surface area contributed by atoms with Crippen molar-refractivity contribution in [1.29, 1.82) is 0 Å². The molecule has 2 aromatic heterocycles. The van der Waals surface area contributed by atoms with Crippen LogP contribution < -0.4 is 0 Å². The highest BCUT2D eigenvalue weighted by atomic mass is 127. The Bertz CT molecular complexity index is 504. The number of aromatic nitrogens is 2. The molecule has 7 heteroatoms. The molecule has 2 rings (SSSR count). The highest BCUT2D eigenvalue weighted by Gasteiger charge is 2.15. The smallest absolute Gasteiger partial charge is 0.432 e. The Balaban J connectivity index is 2.73.